The number of carbonyl (C=O) groups excluding carboxylic acids is 2. The summed E-state index contributed by atoms with van der Waals surface area (Å²) in [6.07, 6.45) is 6.14. The third-order valence-corrected chi connectivity index (χ3v) is 8.49. The number of aliphatic hydroxyl groups is 1. The molecule has 2 aromatic carbocycles. The highest BCUT2D eigenvalue weighted by Crippen LogP contribution is 2.40. The number of aliphatic hydroxyl groups excluding tert-OH is 1. The first kappa shape index (κ1) is 35.0. The molecule has 0 amide bonds. The Morgan fingerprint density at radius 2 is 1.58 bits per heavy atom. The zero-order valence-electron chi connectivity index (χ0n) is 23.7. The van der Waals surface area contributed by atoms with Gasteiger partial charge in [0.2, 0.25) is 5.43 Å². The number of nitrogens with zero attached hydrogens (tertiary/aromatic N) is 2. The maximum absolute atomic E-state index is 14.1. The van der Waals surface area contributed by atoms with E-state index in [0.717, 1.165) is 38.0 Å². The van der Waals surface area contributed by atoms with E-state index in [-0.39, 0.29) is 55.8 Å². The van der Waals surface area contributed by atoms with Gasteiger partial charge >= 0.3 is 11.9 Å². The molecule has 1 heterocycles. The van der Waals surface area contributed by atoms with Crippen molar-refractivity contribution in [1.82, 2.24) is 4.57 Å². The van der Waals surface area contributed by atoms with Crippen molar-refractivity contribution in [1.29, 1.82) is 0 Å². The van der Waals surface area contributed by atoms with Crippen molar-refractivity contribution >= 4 is 89.9 Å². The van der Waals surface area contributed by atoms with Crippen LogP contribution in [0.1, 0.15) is 61.5 Å². The van der Waals surface area contributed by atoms with Crippen molar-refractivity contribution in [2.75, 3.05) is 13.2 Å². The Labute approximate surface area is 282 Å². The lowest BCUT2D eigenvalue weighted by molar-refractivity contribution is -0.137. The van der Waals surface area contributed by atoms with Gasteiger partial charge in [0.15, 0.2) is 17.5 Å². The largest absolute Gasteiger partial charge is 0.506 e. The van der Waals surface area contributed by atoms with Gasteiger partial charge in [0.25, 0.3) is 0 Å². The highest BCUT2D eigenvalue weighted by Gasteiger charge is 2.30. The molecule has 2 aliphatic rings. The summed E-state index contributed by atoms with van der Waals surface area (Å²) in [5.74, 6) is -5.04. The molecule has 45 heavy (non-hydrogen) atoms. The summed E-state index contributed by atoms with van der Waals surface area (Å²) in [6.45, 7) is 3.51. The molecule has 0 aliphatic heterocycles. The predicted molar refractivity (Wildman–Crippen MR) is 172 cm³/mol. The molecule has 0 saturated heterocycles. The molecule has 0 spiro atoms. The Morgan fingerprint density at radius 1 is 0.978 bits per heavy atom. The molecule has 15 heteroatoms. The molecule has 3 aromatic rings. The van der Waals surface area contributed by atoms with Gasteiger partial charge in [-0.25, -0.2) is 22.8 Å². The van der Waals surface area contributed by atoms with Crippen LogP contribution < -0.4 is 5.43 Å². The average molecular weight is 797 g/mol. The molecule has 1 N–H and O–H groups in total. The number of hydrogen-bond acceptors (Lipinski definition) is 7. The minimum absolute atomic E-state index is 0.0594. The molecule has 5 rings (SSSR count). The third kappa shape index (κ3) is 7.75. The van der Waals surface area contributed by atoms with Gasteiger partial charge in [-0.2, -0.15) is 0 Å². The predicted octanol–water partition coefficient (Wildman–Crippen LogP) is 8.51. The van der Waals surface area contributed by atoms with Gasteiger partial charge in [0.1, 0.15) is 26.9 Å². The number of aliphatic imine (C=N–C) groups is 1. The highest BCUT2D eigenvalue weighted by atomic mass is 79.9. The van der Waals surface area contributed by atoms with Crippen molar-refractivity contribution in [3.05, 3.63) is 81.7 Å². The molecule has 8 nitrogen and oxygen atoms in total. The van der Waals surface area contributed by atoms with Crippen LogP contribution in [0.3, 0.4) is 0 Å². The molecule has 0 atom stereocenters. The highest BCUT2D eigenvalue weighted by molar-refractivity contribution is 9.10. The van der Waals surface area contributed by atoms with Crippen LogP contribution in [0.25, 0.3) is 16.7 Å². The van der Waals surface area contributed by atoms with E-state index in [9.17, 15) is 32.7 Å². The first-order chi connectivity index (χ1) is 21.3. The smallest absolute Gasteiger partial charge is 0.343 e. The van der Waals surface area contributed by atoms with Crippen molar-refractivity contribution < 1.29 is 37.3 Å². The lowest BCUT2D eigenvalue weighted by atomic mass is 10.1. The number of ether oxygens (including phenoxy) is 2. The Kier molecular flexibility index (Phi) is 11.4. The molecule has 2 saturated carbocycles. The van der Waals surface area contributed by atoms with Crippen LogP contribution in [0, 0.1) is 17.5 Å². The molecular formula is C30H25Br2Cl2F3N2O6. The second kappa shape index (κ2) is 14.7. The molecule has 240 valence electrons. The lowest BCUT2D eigenvalue weighted by Crippen LogP contribution is -2.21. The van der Waals surface area contributed by atoms with Crippen LogP contribution in [0.2, 0.25) is 10.0 Å². The summed E-state index contributed by atoms with van der Waals surface area (Å²) in [4.78, 5) is 40.6. The number of halogens is 7. The van der Waals surface area contributed by atoms with Crippen molar-refractivity contribution in [3.63, 3.8) is 0 Å². The maximum Gasteiger partial charge on any atom is 0.343 e. The fraction of sp³-hybridized carbons (Fsp3) is 0.333. The first-order valence-corrected chi connectivity index (χ1v) is 16.0. The third-order valence-electron chi connectivity index (χ3n) is 6.66. The number of rotatable bonds is 8. The van der Waals surface area contributed by atoms with Crippen molar-refractivity contribution in [2.45, 2.75) is 51.6 Å². The van der Waals surface area contributed by atoms with E-state index >= 15 is 0 Å². The Balaban J connectivity index is 0.000000205. The molecule has 2 fully saturated rings. The summed E-state index contributed by atoms with van der Waals surface area (Å²) in [6, 6.07) is 2.56. The maximum atomic E-state index is 14.1. The molecule has 0 bridgehead atoms. The van der Waals surface area contributed by atoms with E-state index in [1.807, 2.05) is 0 Å². The average Bonchev–Trinajstić information content (AvgIpc) is 3.93. The van der Waals surface area contributed by atoms with Crippen LogP contribution in [-0.2, 0) is 14.3 Å². The molecule has 0 radical (unpaired) electrons. The summed E-state index contributed by atoms with van der Waals surface area (Å²) in [5.41, 5.74) is -0.979. The molecule has 2 aliphatic carbocycles. The summed E-state index contributed by atoms with van der Waals surface area (Å²) in [7, 11) is 0. The minimum Gasteiger partial charge on any atom is -0.506 e. The van der Waals surface area contributed by atoms with Gasteiger partial charge < -0.3 is 19.1 Å². The van der Waals surface area contributed by atoms with Crippen molar-refractivity contribution in [3.8, 4) is 0 Å². The van der Waals surface area contributed by atoms with Gasteiger partial charge in [-0.1, -0.05) is 23.2 Å². The number of benzene rings is 2. The summed E-state index contributed by atoms with van der Waals surface area (Å²) in [5, 5.41) is 9.57. The zero-order valence-corrected chi connectivity index (χ0v) is 28.4. The van der Waals surface area contributed by atoms with Crippen LogP contribution in [0.4, 0.5) is 13.2 Å². The fourth-order valence-corrected chi connectivity index (χ4v) is 5.71. The second-order valence-corrected chi connectivity index (χ2v) is 12.4. The lowest BCUT2D eigenvalue weighted by Gasteiger charge is -2.14. The Morgan fingerprint density at radius 3 is 2.16 bits per heavy atom. The normalized spacial score (nSPS) is 15.0. The molecular weight excluding hydrogens is 772 g/mol. The standard InChI is InChI=1S/C15H13BrClF2NO3.C15H12BrClFNO3/c1-2-23-15(22)9(6-20-7-3-4-7)14(21)8-5-10(16)13(19)11(17)12(8)18;1-2-22-15(21)9-6-19(7-3-4-7)13-8(14(9)20)5-10(16)12(18)11(13)17/h5-7,21H,2-4H2,1H3;5-7H,2-4H2,1H3. The summed E-state index contributed by atoms with van der Waals surface area (Å²) < 4.78 is 53.1. The number of esters is 2. The van der Waals surface area contributed by atoms with E-state index in [0.29, 0.717) is 5.52 Å². The van der Waals surface area contributed by atoms with Crippen LogP contribution in [0.15, 0.2) is 42.6 Å². The van der Waals surface area contributed by atoms with E-state index in [1.54, 1.807) is 18.4 Å². The molecule has 0 unspecified atom stereocenters. The van der Waals surface area contributed by atoms with E-state index in [2.05, 4.69) is 36.9 Å². The molecule has 1 aromatic heterocycles. The fourth-order valence-electron chi connectivity index (χ4n) is 4.13. The quantitative estimate of drug-likeness (QED) is 0.0612. The van der Waals surface area contributed by atoms with Crippen molar-refractivity contribution in [2.24, 2.45) is 4.99 Å². The SMILES string of the molecule is CCOC(=O)C(C=NC1CC1)=C(O)c1cc(Br)c(F)c(Cl)c1F.CCOC(=O)c1cn(C2CC2)c2c(Cl)c(F)c(Br)cc2c1=O. The minimum atomic E-state index is -1.17. The Bertz CT molecular complexity index is 1810. The topological polar surface area (TPSA) is 107 Å². The van der Waals surface area contributed by atoms with Crippen LogP contribution >= 0.6 is 55.1 Å². The monoisotopic (exact) mass is 794 g/mol. The number of fused-ring (bicyclic) bond motifs is 1. The van der Waals surface area contributed by atoms with E-state index < -0.39 is 51.2 Å². The van der Waals surface area contributed by atoms with Gasteiger partial charge in [-0.15, -0.1) is 0 Å². The number of hydrogen-bond donors (Lipinski definition) is 1. The number of pyridine rings is 1. The zero-order chi connectivity index (χ0) is 33.2. The number of aromatic nitrogens is 1. The van der Waals surface area contributed by atoms with E-state index in [4.69, 9.17) is 32.7 Å². The number of carbonyl (C=O) groups is 2. The van der Waals surface area contributed by atoms with Gasteiger partial charge in [-0.05, 0) is 83.5 Å². The van der Waals surface area contributed by atoms with Crippen LogP contribution in [0.5, 0.6) is 0 Å². The first-order valence-electron chi connectivity index (χ1n) is 13.7. The second-order valence-electron chi connectivity index (χ2n) is 9.95. The Hall–Kier alpha value is -2.87. The van der Waals surface area contributed by atoms with Gasteiger partial charge in [-0.3, -0.25) is 9.79 Å². The van der Waals surface area contributed by atoms with Gasteiger partial charge in [0.05, 0.1) is 39.3 Å². The van der Waals surface area contributed by atoms with Crippen LogP contribution in [-0.4, -0.2) is 47.1 Å². The summed E-state index contributed by atoms with van der Waals surface area (Å²) >= 11 is 17.6. The van der Waals surface area contributed by atoms with Gasteiger partial charge in [0, 0.05) is 23.8 Å². The van der Waals surface area contributed by atoms with E-state index in [1.165, 1.54) is 12.3 Å².